The summed E-state index contributed by atoms with van der Waals surface area (Å²) in [7, 11) is 0. The monoisotopic (exact) mass is 758 g/mol. The third-order valence-corrected chi connectivity index (χ3v) is 7.82. The van der Waals surface area contributed by atoms with E-state index in [-0.39, 0.29) is 80.3 Å². The van der Waals surface area contributed by atoms with Crippen molar-refractivity contribution < 1.29 is 63.7 Å². The van der Waals surface area contributed by atoms with E-state index in [9.17, 15) is 49.1 Å². The van der Waals surface area contributed by atoms with Crippen LogP contribution in [0.5, 0.6) is 5.75 Å². The fourth-order valence-corrected chi connectivity index (χ4v) is 5.56. The number of ether oxygens (including phenoxy) is 2. The summed E-state index contributed by atoms with van der Waals surface area (Å²) in [6.07, 6.45) is -13.8. The van der Waals surface area contributed by atoms with Gasteiger partial charge in [0.15, 0.2) is 5.75 Å². The van der Waals surface area contributed by atoms with E-state index in [1.165, 1.54) is 16.7 Å². The van der Waals surface area contributed by atoms with Gasteiger partial charge in [-0.05, 0) is 73.7 Å². The molecule has 4 rings (SSSR count). The largest absolute Gasteiger partial charge is 0.490 e. The van der Waals surface area contributed by atoms with Crippen molar-refractivity contribution in [2.75, 3.05) is 23.0 Å². The zero-order chi connectivity index (χ0) is 37.0. The zero-order valence-electron chi connectivity index (χ0n) is 26.9. The molecule has 51 heavy (non-hydrogen) atoms. The van der Waals surface area contributed by atoms with E-state index in [1.807, 2.05) is 0 Å². The highest BCUT2D eigenvalue weighted by atomic mass is 35.5. The highest BCUT2D eigenvalue weighted by Crippen LogP contribution is 2.46. The molecule has 0 saturated carbocycles. The Labute approximate surface area is 291 Å². The van der Waals surface area contributed by atoms with Gasteiger partial charge in [0.1, 0.15) is 0 Å². The number of halogens is 10. The maximum atomic E-state index is 14.0. The van der Waals surface area contributed by atoms with Gasteiger partial charge in [0.05, 0.1) is 54.0 Å². The number of amides is 1. The van der Waals surface area contributed by atoms with Crippen molar-refractivity contribution in [2.24, 2.45) is 0 Å². The molecular formula is C32H32ClF9N4O5. The second-order valence-corrected chi connectivity index (χ2v) is 11.3. The highest BCUT2D eigenvalue weighted by Gasteiger charge is 2.42. The van der Waals surface area contributed by atoms with Gasteiger partial charge in [-0.1, -0.05) is 6.92 Å². The molecule has 280 valence electrons. The first kappa shape index (κ1) is 40.9. The first-order valence-electron chi connectivity index (χ1n) is 15.2. The predicted octanol–water partition coefficient (Wildman–Crippen LogP) is 9.09. The SMILES string of the molecule is CCOC(=O)N1c2ccc(C(F)(F)F)cc2[C@@H](N(Cc2cc(C(F)(F)F)cc(C(F)(F)F)c2)c2ncc(OCCCC(=O)O)cn2)C[C@H]1CC.Cl. The minimum absolute atomic E-state index is 0. The number of anilines is 2. The van der Waals surface area contributed by atoms with E-state index in [1.54, 1.807) is 6.92 Å². The Morgan fingerprint density at radius 3 is 2.00 bits per heavy atom. The van der Waals surface area contributed by atoms with Crippen LogP contribution in [0.3, 0.4) is 0 Å². The molecule has 0 fully saturated rings. The van der Waals surface area contributed by atoms with Gasteiger partial charge in [-0.3, -0.25) is 9.69 Å². The van der Waals surface area contributed by atoms with Gasteiger partial charge >= 0.3 is 30.6 Å². The third-order valence-electron chi connectivity index (χ3n) is 7.82. The van der Waals surface area contributed by atoms with Crippen LogP contribution in [-0.4, -0.2) is 46.4 Å². The number of carboxylic acids is 1. The number of aliphatic carboxylic acids is 1. The normalized spacial score (nSPS) is 16.2. The first-order valence-corrected chi connectivity index (χ1v) is 15.2. The third kappa shape index (κ3) is 10.1. The molecule has 0 bridgehead atoms. The van der Waals surface area contributed by atoms with Crippen molar-refractivity contribution in [3.8, 4) is 5.75 Å². The smallest absolute Gasteiger partial charge is 0.416 e. The molecule has 19 heteroatoms. The quantitative estimate of drug-likeness (QED) is 0.153. The van der Waals surface area contributed by atoms with Crippen LogP contribution in [0.4, 0.5) is 55.9 Å². The Kier molecular flexibility index (Phi) is 13.0. The van der Waals surface area contributed by atoms with Crippen LogP contribution < -0.4 is 14.5 Å². The molecule has 1 aromatic heterocycles. The lowest BCUT2D eigenvalue weighted by Crippen LogP contribution is -2.48. The number of carboxylic acid groups (broad SMARTS) is 1. The summed E-state index contributed by atoms with van der Waals surface area (Å²) < 4.78 is 135. The lowest BCUT2D eigenvalue weighted by atomic mass is 9.87. The molecule has 1 N–H and O–H groups in total. The van der Waals surface area contributed by atoms with E-state index >= 15 is 0 Å². The Morgan fingerprint density at radius 1 is 0.902 bits per heavy atom. The van der Waals surface area contributed by atoms with Crippen LogP contribution in [-0.2, 0) is 34.6 Å². The molecule has 3 aromatic rings. The number of benzene rings is 2. The lowest BCUT2D eigenvalue weighted by molar-refractivity contribution is -0.143. The van der Waals surface area contributed by atoms with Gasteiger partial charge in [-0.15, -0.1) is 12.4 Å². The van der Waals surface area contributed by atoms with E-state index < -0.39 is 71.5 Å². The molecule has 9 nitrogen and oxygen atoms in total. The maximum absolute atomic E-state index is 14.0. The summed E-state index contributed by atoms with van der Waals surface area (Å²) in [5.41, 5.74) is -4.96. The van der Waals surface area contributed by atoms with Gasteiger partial charge in [0, 0.05) is 19.0 Å². The highest BCUT2D eigenvalue weighted by molar-refractivity contribution is 5.90. The minimum atomic E-state index is -5.18. The number of aromatic nitrogens is 2. The molecule has 0 unspecified atom stereocenters. The summed E-state index contributed by atoms with van der Waals surface area (Å²) in [5.74, 6) is -1.31. The topological polar surface area (TPSA) is 105 Å². The predicted molar refractivity (Wildman–Crippen MR) is 167 cm³/mol. The average molecular weight is 759 g/mol. The Morgan fingerprint density at radius 2 is 1.49 bits per heavy atom. The second-order valence-electron chi connectivity index (χ2n) is 11.3. The Bertz CT molecular complexity index is 1640. The number of hydrogen-bond acceptors (Lipinski definition) is 7. The van der Waals surface area contributed by atoms with Crippen molar-refractivity contribution in [2.45, 2.75) is 76.7 Å². The van der Waals surface area contributed by atoms with Crippen LogP contribution in [0.2, 0.25) is 0 Å². The van der Waals surface area contributed by atoms with Crippen LogP contribution >= 0.6 is 12.4 Å². The molecule has 2 heterocycles. The zero-order valence-corrected chi connectivity index (χ0v) is 27.7. The molecule has 2 atom stereocenters. The number of carbonyl (C=O) groups is 2. The maximum Gasteiger partial charge on any atom is 0.416 e. The molecule has 0 spiro atoms. The number of alkyl halides is 9. The van der Waals surface area contributed by atoms with E-state index in [4.69, 9.17) is 14.6 Å². The number of hydrogen-bond donors (Lipinski definition) is 1. The molecule has 1 aliphatic rings. The van der Waals surface area contributed by atoms with Crippen molar-refractivity contribution in [1.82, 2.24) is 9.97 Å². The average Bonchev–Trinajstić information content (AvgIpc) is 3.03. The van der Waals surface area contributed by atoms with E-state index in [2.05, 4.69) is 9.97 Å². The molecule has 1 aliphatic heterocycles. The summed E-state index contributed by atoms with van der Waals surface area (Å²) in [6, 6.07) is 1.57. The second kappa shape index (κ2) is 16.2. The number of nitrogens with zero attached hydrogens (tertiary/aromatic N) is 4. The molecule has 0 radical (unpaired) electrons. The van der Waals surface area contributed by atoms with Gasteiger partial charge < -0.3 is 19.5 Å². The van der Waals surface area contributed by atoms with Crippen molar-refractivity contribution in [3.05, 3.63) is 76.6 Å². The summed E-state index contributed by atoms with van der Waals surface area (Å²) in [6.45, 7) is 2.36. The van der Waals surface area contributed by atoms with Crippen molar-refractivity contribution >= 4 is 36.1 Å². The fourth-order valence-electron chi connectivity index (χ4n) is 5.56. The molecular weight excluding hydrogens is 727 g/mol. The van der Waals surface area contributed by atoms with Crippen molar-refractivity contribution in [1.29, 1.82) is 0 Å². The van der Waals surface area contributed by atoms with E-state index in [0.29, 0.717) is 12.1 Å². The molecule has 1 amide bonds. The van der Waals surface area contributed by atoms with Crippen LogP contribution in [0.15, 0.2) is 48.8 Å². The first-order chi connectivity index (χ1) is 23.3. The summed E-state index contributed by atoms with van der Waals surface area (Å²) >= 11 is 0. The minimum Gasteiger partial charge on any atom is -0.490 e. The van der Waals surface area contributed by atoms with Gasteiger partial charge in [-0.25, -0.2) is 14.8 Å². The summed E-state index contributed by atoms with van der Waals surface area (Å²) in [5, 5.41) is 8.82. The molecule has 2 aromatic carbocycles. The summed E-state index contributed by atoms with van der Waals surface area (Å²) in [4.78, 5) is 34.6. The lowest BCUT2D eigenvalue weighted by Gasteiger charge is -2.44. The van der Waals surface area contributed by atoms with Crippen LogP contribution in [0.25, 0.3) is 0 Å². The van der Waals surface area contributed by atoms with Crippen LogP contribution in [0, 0.1) is 0 Å². The fraction of sp³-hybridized carbons (Fsp3) is 0.438. The van der Waals surface area contributed by atoms with Crippen molar-refractivity contribution in [3.63, 3.8) is 0 Å². The van der Waals surface area contributed by atoms with Gasteiger partial charge in [0.2, 0.25) is 5.95 Å². The Balaban J connectivity index is 0.00000702. The number of carbonyl (C=O) groups excluding carboxylic acids is 1. The van der Waals surface area contributed by atoms with Crippen LogP contribution in [0.1, 0.15) is 73.4 Å². The van der Waals surface area contributed by atoms with E-state index in [0.717, 1.165) is 30.6 Å². The van der Waals surface area contributed by atoms with Gasteiger partial charge in [-0.2, -0.15) is 39.5 Å². The van der Waals surface area contributed by atoms with Gasteiger partial charge in [0.25, 0.3) is 0 Å². The number of rotatable bonds is 11. The molecule has 0 aliphatic carbocycles. The Hall–Kier alpha value is -4.48. The molecule has 0 saturated heterocycles. The number of fused-ring (bicyclic) bond motifs is 1. The standard InChI is InChI=1S/C32H31F9N4O5.ClH/c1-3-22-14-26(24-13-19(30(33,34)35)7-8-25(24)45(22)29(48)49-4-2)44(28-42-15-23(16-43-28)50-9-5-6-27(46)47)17-18-10-20(31(36,37)38)12-21(11-18)32(39,40)41;/h7-8,10-13,15-16,22,26H,3-6,9,14,17H2,1-2H3,(H,46,47);1H/t22-,26+;/m1./s1.